The molecule has 2 aromatic carbocycles. The Morgan fingerprint density at radius 2 is 2.14 bits per heavy atom. The molecule has 1 N–H and O–H groups in total. The van der Waals surface area contributed by atoms with Gasteiger partial charge in [-0.1, -0.05) is 22.9 Å². The number of amides is 1. The summed E-state index contributed by atoms with van der Waals surface area (Å²) in [5.74, 6) is -0.196. The maximum absolute atomic E-state index is 12.4. The average molecular weight is 315 g/mol. The molecule has 0 bridgehead atoms. The largest absolute Gasteiger partial charge is 0.322 e. The Morgan fingerprint density at radius 1 is 1.32 bits per heavy atom. The third kappa shape index (κ3) is 2.55. The number of hydrogen-bond donors (Lipinski definition) is 1. The number of rotatable bonds is 3. The second-order valence-corrected chi connectivity index (χ2v) is 5.38. The van der Waals surface area contributed by atoms with Gasteiger partial charge in [-0.3, -0.25) is 4.79 Å². The van der Waals surface area contributed by atoms with Crippen LogP contribution < -0.4 is 5.32 Å². The minimum atomic E-state index is -0.196. The van der Waals surface area contributed by atoms with Gasteiger partial charge in [-0.25, -0.2) is 4.68 Å². The lowest BCUT2D eigenvalue weighted by molar-refractivity contribution is 0.102. The number of anilines is 1. The van der Waals surface area contributed by atoms with Crippen LogP contribution in [0.2, 0.25) is 5.02 Å². The van der Waals surface area contributed by atoms with E-state index in [1.54, 1.807) is 28.9 Å². The molecule has 0 spiro atoms. The van der Waals surface area contributed by atoms with E-state index in [0.29, 0.717) is 21.8 Å². The van der Waals surface area contributed by atoms with Crippen molar-refractivity contribution < 1.29 is 4.79 Å². The van der Waals surface area contributed by atoms with E-state index >= 15 is 0 Å². The summed E-state index contributed by atoms with van der Waals surface area (Å²) in [5, 5.41) is 11.6. The zero-order valence-corrected chi connectivity index (χ0v) is 13.1. The Labute approximate surface area is 132 Å². The number of benzene rings is 2. The third-order valence-corrected chi connectivity index (χ3v) is 4.00. The van der Waals surface area contributed by atoms with Crippen LogP contribution in [0.25, 0.3) is 11.0 Å². The Morgan fingerprint density at radius 3 is 2.91 bits per heavy atom. The highest BCUT2D eigenvalue weighted by molar-refractivity contribution is 6.31. The van der Waals surface area contributed by atoms with Crippen molar-refractivity contribution in [2.24, 2.45) is 0 Å². The molecule has 0 unspecified atom stereocenters. The molecular formula is C16H15ClN4O. The zero-order chi connectivity index (χ0) is 15.7. The van der Waals surface area contributed by atoms with E-state index in [-0.39, 0.29) is 5.91 Å². The van der Waals surface area contributed by atoms with Crippen LogP contribution in [0.15, 0.2) is 36.4 Å². The first-order valence-corrected chi connectivity index (χ1v) is 7.37. The van der Waals surface area contributed by atoms with Gasteiger partial charge in [0, 0.05) is 22.8 Å². The monoisotopic (exact) mass is 314 g/mol. The molecule has 0 aliphatic heterocycles. The fraction of sp³-hybridized carbons (Fsp3) is 0.188. The zero-order valence-electron chi connectivity index (χ0n) is 12.3. The lowest BCUT2D eigenvalue weighted by Gasteiger charge is -2.09. The first kappa shape index (κ1) is 14.5. The molecule has 22 heavy (non-hydrogen) atoms. The van der Waals surface area contributed by atoms with Crippen LogP contribution in [-0.2, 0) is 6.54 Å². The molecule has 1 heterocycles. The molecule has 1 aromatic heterocycles. The summed E-state index contributed by atoms with van der Waals surface area (Å²) in [5.41, 5.74) is 3.70. The number of carbonyl (C=O) groups is 1. The smallest absolute Gasteiger partial charge is 0.255 e. The molecule has 3 aromatic rings. The van der Waals surface area contributed by atoms with Crippen LogP contribution >= 0.6 is 11.6 Å². The lowest BCUT2D eigenvalue weighted by atomic mass is 10.1. The van der Waals surface area contributed by atoms with Crippen molar-refractivity contribution in [2.75, 3.05) is 5.32 Å². The highest BCUT2D eigenvalue weighted by atomic mass is 35.5. The van der Waals surface area contributed by atoms with Gasteiger partial charge in [-0.15, -0.1) is 5.10 Å². The van der Waals surface area contributed by atoms with Crippen molar-refractivity contribution in [1.82, 2.24) is 15.0 Å². The molecule has 112 valence electrons. The fourth-order valence-corrected chi connectivity index (χ4v) is 2.46. The molecule has 0 aliphatic rings. The molecule has 6 heteroatoms. The van der Waals surface area contributed by atoms with Gasteiger partial charge in [0.25, 0.3) is 5.91 Å². The van der Waals surface area contributed by atoms with Crippen molar-refractivity contribution in [2.45, 2.75) is 20.4 Å². The normalized spacial score (nSPS) is 10.9. The fourth-order valence-electron chi connectivity index (χ4n) is 2.28. The summed E-state index contributed by atoms with van der Waals surface area (Å²) >= 11 is 6.07. The van der Waals surface area contributed by atoms with Crippen LogP contribution in [-0.4, -0.2) is 20.9 Å². The van der Waals surface area contributed by atoms with Gasteiger partial charge in [-0.2, -0.15) is 0 Å². The van der Waals surface area contributed by atoms with E-state index in [0.717, 1.165) is 17.6 Å². The summed E-state index contributed by atoms with van der Waals surface area (Å²) < 4.78 is 1.79. The SMILES string of the molecule is CCn1nnc2cc(C(=O)Nc3cccc(Cl)c3C)ccc21. The summed E-state index contributed by atoms with van der Waals surface area (Å²) in [6.07, 6.45) is 0. The first-order chi connectivity index (χ1) is 10.6. The predicted octanol–water partition coefficient (Wildman–Crippen LogP) is 3.67. The molecule has 0 radical (unpaired) electrons. The molecule has 3 rings (SSSR count). The van der Waals surface area contributed by atoms with E-state index in [9.17, 15) is 4.79 Å². The van der Waals surface area contributed by atoms with Crippen LogP contribution in [0, 0.1) is 6.92 Å². The van der Waals surface area contributed by atoms with E-state index in [1.807, 2.05) is 26.0 Å². The van der Waals surface area contributed by atoms with Crippen molar-refractivity contribution in [3.8, 4) is 0 Å². The topological polar surface area (TPSA) is 59.8 Å². The Bertz CT molecular complexity index is 856. The van der Waals surface area contributed by atoms with Crippen LogP contribution in [0.5, 0.6) is 0 Å². The highest BCUT2D eigenvalue weighted by Crippen LogP contribution is 2.23. The summed E-state index contributed by atoms with van der Waals surface area (Å²) in [6.45, 7) is 4.61. The molecule has 0 fully saturated rings. The van der Waals surface area contributed by atoms with Crippen molar-refractivity contribution in [3.05, 3.63) is 52.5 Å². The maximum Gasteiger partial charge on any atom is 0.255 e. The minimum Gasteiger partial charge on any atom is -0.322 e. The number of carbonyl (C=O) groups excluding carboxylic acids is 1. The van der Waals surface area contributed by atoms with Gasteiger partial charge < -0.3 is 5.32 Å². The Kier molecular flexibility index (Phi) is 3.81. The molecule has 5 nitrogen and oxygen atoms in total. The summed E-state index contributed by atoms with van der Waals surface area (Å²) in [4.78, 5) is 12.4. The second-order valence-electron chi connectivity index (χ2n) is 4.98. The summed E-state index contributed by atoms with van der Waals surface area (Å²) in [6, 6.07) is 10.8. The second kappa shape index (κ2) is 5.77. The molecule has 1 amide bonds. The lowest BCUT2D eigenvalue weighted by Crippen LogP contribution is -2.12. The van der Waals surface area contributed by atoms with E-state index in [1.165, 1.54) is 0 Å². The van der Waals surface area contributed by atoms with Gasteiger partial charge in [0.05, 0.1) is 5.52 Å². The molecule has 0 aliphatic carbocycles. The first-order valence-electron chi connectivity index (χ1n) is 7.00. The molecule has 0 saturated heterocycles. The third-order valence-electron chi connectivity index (χ3n) is 3.59. The number of hydrogen-bond acceptors (Lipinski definition) is 3. The Balaban J connectivity index is 1.90. The van der Waals surface area contributed by atoms with Gasteiger partial charge in [0.15, 0.2) is 0 Å². The van der Waals surface area contributed by atoms with Gasteiger partial charge in [0.1, 0.15) is 5.52 Å². The number of aromatic nitrogens is 3. The predicted molar refractivity (Wildman–Crippen MR) is 87.3 cm³/mol. The minimum absolute atomic E-state index is 0.196. The van der Waals surface area contributed by atoms with Gasteiger partial charge in [0.2, 0.25) is 0 Å². The average Bonchev–Trinajstić information content (AvgIpc) is 2.94. The van der Waals surface area contributed by atoms with Gasteiger partial charge >= 0.3 is 0 Å². The quantitative estimate of drug-likeness (QED) is 0.802. The van der Waals surface area contributed by atoms with Crippen molar-refractivity contribution in [3.63, 3.8) is 0 Å². The van der Waals surface area contributed by atoms with E-state index < -0.39 is 0 Å². The number of halogens is 1. The maximum atomic E-state index is 12.4. The van der Waals surface area contributed by atoms with Crippen LogP contribution in [0.1, 0.15) is 22.8 Å². The van der Waals surface area contributed by atoms with E-state index in [2.05, 4.69) is 15.6 Å². The van der Waals surface area contributed by atoms with Crippen LogP contribution in [0.4, 0.5) is 5.69 Å². The van der Waals surface area contributed by atoms with E-state index in [4.69, 9.17) is 11.6 Å². The van der Waals surface area contributed by atoms with Crippen molar-refractivity contribution in [1.29, 1.82) is 0 Å². The van der Waals surface area contributed by atoms with Crippen molar-refractivity contribution >= 4 is 34.2 Å². The number of nitrogens with zero attached hydrogens (tertiary/aromatic N) is 3. The number of nitrogens with one attached hydrogen (secondary N) is 1. The Hall–Kier alpha value is -2.40. The number of aryl methyl sites for hydroxylation is 1. The molecule has 0 atom stereocenters. The number of fused-ring (bicyclic) bond motifs is 1. The molecular weight excluding hydrogens is 300 g/mol. The summed E-state index contributed by atoms with van der Waals surface area (Å²) in [7, 11) is 0. The highest BCUT2D eigenvalue weighted by Gasteiger charge is 2.11. The molecule has 0 saturated carbocycles. The standard InChI is InChI=1S/C16H15ClN4O/c1-3-21-15-8-7-11(9-14(15)19-20-21)16(22)18-13-6-4-5-12(17)10(13)2/h4-9H,3H2,1-2H3,(H,18,22). The van der Waals surface area contributed by atoms with Gasteiger partial charge in [-0.05, 0) is 49.7 Å². The van der Waals surface area contributed by atoms with Crippen LogP contribution in [0.3, 0.4) is 0 Å².